The molecule has 2 aromatic heterocycles. The lowest BCUT2D eigenvalue weighted by atomic mass is 10.1. The van der Waals surface area contributed by atoms with Crippen LogP contribution in [-0.4, -0.2) is 16.7 Å². The number of pyridine rings is 1. The molecule has 0 saturated heterocycles. The van der Waals surface area contributed by atoms with E-state index in [9.17, 15) is 18.4 Å². The first-order chi connectivity index (χ1) is 12.2. The predicted octanol–water partition coefficient (Wildman–Crippen LogP) is 4.12. The SMILES string of the molecule is COc1ccc(C)c(-n2c(N)c(C#N)c3cc(C(F)(F)F)cnc32)c1C. The second kappa shape index (κ2) is 5.95. The van der Waals surface area contributed by atoms with Crippen LogP contribution >= 0.6 is 0 Å². The van der Waals surface area contributed by atoms with E-state index in [1.807, 2.05) is 26.0 Å². The average Bonchev–Trinajstić information content (AvgIpc) is 2.85. The molecular formula is C18H15F3N4O. The molecular weight excluding hydrogens is 345 g/mol. The third-order valence-electron chi connectivity index (χ3n) is 4.31. The molecule has 0 bridgehead atoms. The number of rotatable bonds is 2. The highest BCUT2D eigenvalue weighted by atomic mass is 19.4. The van der Waals surface area contributed by atoms with Crippen molar-refractivity contribution in [2.24, 2.45) is 0 Å². The summed E-state index contributed by atoms with van der Waals surface area (Å²) in [6.45, 7) is 3.64. The van der Waals surface area contributed by atoms with Crippen LogP contribution in [0.4, 0.5) is 19.0 Å². The first-order valence-corrected chi connectivity index (χ1v) is 7.62. The van der Waals surface area contributed by atoms with E-state index in [0.717, 1.165) is 23.4 Å². The molecule has 0 unspecified atom stereocenters. The summed E-state index contributed by atoms with van der Waals surface area (Å²) in [5.74, 6) is 0.631. The van der Waals surface area contributed by atoms with E-state index in [4.69, 9.17) is 10.5 Å². The van der Waals surface area contributed by atoms with Crippen LogP contribution in [0.5, 0.6) is 5.75 Å². The number of alkyl halides is 3. The fraction of sp³-hybridized carbons (Fsp3) is 0.222. The Morgan fingerprint density at radius 1 is 1.27 bits per heavy atom. The quantitative estimate of drug-likeness (QED) is 0.746. The second-order valence-electron chi connectivity index (χ2n) is 5.86. The molecule has 134 valence electrons. The summed E-state index contributed by atoms with van der Waals surface area (Å²) in [5.41, 5.74) is 7.52. The molecule has 26 heavy (non-hydrogen) atoms. The molecule has 0 atom stereocenters. The van der Waals surface area contributed by atoms with Gasteiger partial charge in [0.1, 0.15) is 28.8 Å². The number of aromatic nitrogens is 2. The fourth-order valence-corrected chi connectivity index (χ4v) is 3.06. The number of methoxy groups -OCH3 is 1. The molecule has 0 aliphatic carbocycles. The van der Waals surface area contributed by atoms with E-state index >= 15 is 0 Å². The van der Waals surface area contributed by atoms with Gasteiger partial charge in [-0.2, -0.15) is 18.4 Å². The number of anilines is 1. The van der Waals surface area contributed by atoms with Gasteiger partial charge in [-0.3, -0.25) is 4.57 Å². The highest BCUT2D eigenvalue weighted by Crippen LogP contribution is 2.38. The van der Waals surface area contributed by atoms with Crippen molar-refractivity contribution in [1.82, 2.24) is 9.55 Å². The van der Waals surface area contributed by atoms with Gasteiger partial charge in [0.15, 0.2) is 0 Å². The molecule has 3 aromatic rings. The molecule has 0 fully saturated rings. The number of nitrogens with zero attached hydrogens (tertiary/aromatic N) is 3. The highest BCUT2D eigenvalue weighted by molar-refractivity contribution is 5.92. The molecule has 5 nitrogen and oxygen atoms in total. The average molecular weight is 360 g/mol. The van der Waals surface area contributed by atoms with E-state index in [-0.39, 0.29) is 22.4 Å². The lowest BCUT2D eigenvalue weighted by Crippen LogP contribution is -2.08. The van der Waals surface area contributed by atoms with Gasteiger partial charge in [-0.05, 0) is 31.5 Å². The van der Waals surface area contributed by atoms with Gasteiger partial charge in [0, 0.05) is 17.1 Å². The van der Waals surface area contributed by atoms with Gasteiger partial charge in [0.05, 0.1) is 18.4 Å². The Balaban J connectivity index is 2.43. The van der Waals surface area contributed by atoms with Crippen LogP contribution in [0.3, 0.4) is 0 Å². The van der Waals surface area contributed by atoms with Gasteiger partial charge in [-0.15, -0.1) is 0 Å². The Kier molecular flexibility index (Phi) is 4.03. The van der Waals surface area contributed by atoms with Gasteiger partial charge in [-0.25, -0.2) is 4.98 Å². The molecule has 2 heterocycles. The minimum absolute atomic E-state index is 0.0359. The molecule has 0 saturated carbocycles. The van der Waals surface area contributed by atoms with Crippen molar-refractivity contribution in [3.63, 3.8) is 0 Å². The van der Waals surface area contributed by atoms with Gasteiger partial charge in [0.25, 0.3) is 0 Å². The lowest BCUT2D eigenvalue weighted by molar-refractivity contribution is -0.137. The Morgan fingerprint density at radius 2 is 1.96 bits per heavy atom. The topological polar surface area (TPSA) is 76.9 Å². The molecule has 1 aromatic carbocycles. The molecule has 0 aliphatic rings. The number of nitrogen functional groups attached to an aromatic ring is 1. The van der Waals surface area contributed by atoms with Crippen LogP contribution in [0.1, 0.15) is 22.3 Å². The number of aryl methyl sites for hydroxylation is 1. The van der Waals surface area contributed by atoms with Gasteiger partial charge >= 0.3 is 6.18 Å². The maximum absolute atomic E-state index is 13.0. The first-order valence-electron chi connectivity index (χ1n) is 7.62. The van der Waals surface area contributed by atoms with Gasteiger partial charge < -0.3 is 10.5 Å². The standard InChI is InChI=1S/C18H15F3N4O/c1-9-4-5-14(26-3)10(2)15(9)25-16(23)13(7-22)12-6-11(18(19,20)21)8-24-17(12)25/h4-6,8H,23H2,1-3H3. The van der Waals surface area contributed by atoms with Crippen molar-refractivity contribution in [3.05, 3.63) is 46.6 Å². The molecule has 8 heteroatoms. The summed E-state index contributed by atoms with van der Waals surface area (Å²) >= 11 is 0. The normalized spacial score (nSPS) is 11.6. The number of benzene rings is 1. The summed E-state index contributed by atoms with van der Waals surface area (Å²) in [7, 11) is 1.52. The Labute approximate surface area is 147 Å². The summed E-state index contributed by atoms with van der Waals surface area (Å²) in [4.78, 5) is 3.96. The van der Waals surface area contributed by atoms with Crippen LogP contribution in [0, 0.1) is 25.2 Å². The molecule has 3 rings (SSSR count). The highest BCUT2D eigenvalue weighted by Gasteiger charge is 2.32. The van der Waals surface area contributed by atoms with Crippen LogP contribution in [0.15, 0.2) is 24.4 Å². The minimum Gasteiger partial charge on any atom is -0.496 e. The van der Waals surface area contributed by atoms with Crippen LogP contribution in [0.2, 0.25) is 0 Å². The van der Waals surface area contributed by atoms with E-state index in [2.05, 4.69) is 4.98 Å². The van der Waals surface area contributed by atoms with Crippen molar-refractivity contribution in [2.45, 2.75) is 20.0 Å². The van der Waals surface area contributed by atoms with Crippen molar-refractivity contribution in [3.8, 4) is 17.5 Å². The third kappa shape index (κ3) is 2.52. The monoisotopic (exact) mass is 360 g/mol. The minimum atomic E-state index is -4.56. The Hall–Kier alpha value is -3.21. The number of nitrogens with two attached hydrogens (primary N) is 1. The maximum atomic E-state index is 13.0. The van der Waals surface area contributed by atoms with Crippen molar-refractivity contribution in [1.29, 1.82) is 5.26 Å². The summed E-state index contributed by atoms with van der Waals surface area (Å²) in [5, 5.41) is 9.49. The van der Waals surface area contributed by atoms with Crippen LogP contribution in [-0.2, 0) is 6.18 Å². The number of ether oxygens (including phenoxy) is 1. The first kappa shape index (κ1) is 17.6. The summed E-state index contributed by atoms with van der Waals surface area (Å²) < 4.78 is 45.9. The largest absolute Gasteiger partial charge is 0.496 e. The molecule has 0 aliphatic heterocycles. The van der Waals surface area contributed by atoms with E-state index in [1.54, 1.807) is 6.07 Å². The maximum Gasteiger partial charge on any atom is 0.417 e. The molecule has 0 spiro atoms. The lowest BCUT2D eigenvalue weighted by Gasteiger charge is -2.16. The van der Waals surface area contributed by atoms with Crippen molar-refractivity contribution in [2.75, 3.05) is 12.8 Å². The van der Waals surface area contributed by atoms with E-state index < -0.39 is 11.7 Å². The zero-order valence-corrected chi connectivity index (χ0v) is 14.3. The van der Waals surface area contributed by atoms with Crippen LogP contribution < -0.4 is 10.5 Å². The zero-order chi connectivity index (χ0) is 19.2. The fourth-order valence-electron chi connectivity index (χ4n) is 3.06. The Bertz CT molecular complexity index is 1060. The number of nitriles is 1. The van der Waals surface area contributed by atoms with Gasteiger partial charge in [-0.1, -0.05) is 6.07 Å². The predicted molar refractivity (Wildman–Crippen MR) is 91.2 cm³/mol. The second-order valence-corrected chi connectivity index (χ2v) is 5.86. The smallest absolute Gasteiger partial charge is 0.417 e. The van der Waals surface area contributed by atoms with Crippen molar-refractivity contribution < 1.29 is 17.9 Å². The summed E-state index contributed by atoms with van der Waals surface area (Å²) in [6.07, 6.45) is -3.82. The van der Waals surface area contributed by atoms with E-state index in [0.29, 0.717) is 11.4 Å². The van der Waals surface area contributed by atoms with Gasteiger partial charge in [0.2, 0.25) is 0 Å². The molecule has 0 radical (unpaired) electrons. The Morgan fingerprint density at radius 3 is 2.54 bits per heavy atom. The molecule has 0 amide bonds. The van der Waals surface area contributed by atoms with E-state index in [1.165, 1.54) is 11.7 Å². The zero-order valence-electron chi connectivity index (χ0n) is 14.3. The third-order valence-corrected chi connectivity index (χ3v) is 4.31. The van der Waals surface area contributed by atoms with Crippen molar-refractivity contribution >= 4 is 16.9 Å². The van der Waals surface area contributed by atoms with Crippen LogP contribution in [0.25, 0.3) is 16.7 Å². The number of hydrogen-bond acceptors (Lipinski definition) is 4. The number of hydrogen-bond donors (Lipinski definition) is 1. The molecule has 2 N–H and O–H groups in total. The number of fused-ring (bicyclic) bond motifs is 1. The number of halogens is 3. The summed E-state index contributed by atoms with van der Waals surface area (Å²) in [6, 6.07) is 6.39.